The van der Waals surface area contributed by atoms with E-state index in [1.165, 1.54) is 12.1 Å². The molecular formula is C26H21FN6O. The fraction of sp³-hybridized carbons (Fsp3) is 0.231. The number of benzene rings is 1. The third-order valence-electron chi connectivity index (χ3n) is 6.68. The van der Waals surface area contributed by atoms with Crippen LogP contribution in [0.15, 0.2) is 42.6 Å². The second-order valence-electron chi connectivity index (χ2n) is 8.77. The van der Waals surface area contributed by atoms with Crippen molar-refractivity contribution in [3.05, 3.63) is 76.6 Å². The number of nitrogen functional groups attached to an aromatic ring is 1. The van der Waals surface area contributed by atoms with Crippen LogP contribution in [0, 0.1) is 24.1 Å². The van der Waals surface area contributed by atoms with E-state index in [2.05, 4.69) is 22.2 Å². The van der Waals surface area contributed by atoms with Crippen LogP contribution in [0.2, 0.25) is 0 Å². The number of fused-ring (bicyclic) bond motifs is 7. The summed E-state index contributed by atoms with van der Waals surface area (Å²) in [6, 6.07) is 12.8. The number of nitrogens with two attached hydrogens (primary N) is 1. The number of nitriles is 1. The van der Waals surface area contributed by atoms with Crippen LogP contribution in [0.4, 0.5) is 10.2 Å². The zero-order chi connectivity index (χ0) is 23.6. The Morgan fingerprint density at radius 1 is 1.21 bits per heavy atom. The summed E-state index contributed by atoms with van der Waals surface area (Å²) in [7, 11) is 0. The Morgan fingerprint density at radius 2 is 2.06 bits per heavy atom. The maximum absolute atomic E-state index is 14.4. The highest BCUT2D eigenvalue weighted by atomic mass is 19.1. The van der Waals surface area contributed by atoms with E-state index < -0.39 is 6.10 Å². The first-order valence-electron chi connectivity index (χ1n) is 11.1. The van der Waals surface area contributed by atoms with Gasteiger partial charge in [0.1, 0.15) is 18.0 Å². The molecule has 1 aromatic carbocycles. The van der Waals surface area contributed by atoms with Crippen molar-refractivity contribution in [3.8, 4) is 34.2 Å². The highest BCUT2D eigenvalue weighted by Crippen LogP contribution is 2.46. The predicted molar refractivity (Wildman–Crippen MR) is 124 cm³/mol. The van der Waals surface area contributed by atoms with Crippen molar-refractivity contribution >= 4 is 5.82 Å². The maximum atomic E-state index is 14.4. The van der Waals surface area contributed by atoms with Crippen LogP contribution >= 0.6 is 0 Å². The van der Waals surface area contributed by atoms with E-state index in [1.807, 2.05) is 24.6 Å². The van der Waals surface area contributed by atoms with Crippen LogP contribution < -0.4 is 10.5 Å². The van der Waals surface area contributed by atoms with Crippen molar-refractivity contribution < 1.29 is 9.13 Å². The van der Waals surface area contributed by atoms with Gasteiger partial charge in [-0.3, -0.25) is 9.67 Å². The minimum atomic E-state index is -0.527. The van der Waals surface area contributed by atoms with Crippen molar-refractivity contribution in [2.75, 3.05) is 5.73 Å². The smallest absolute Gasteiger partial charge is 0.170 e. The van der Waals surface area contributed by atoms with Crippen molar-refractivity contribution in [2.45, 2.75) is 38.8 Å². The van der Waals surface area contributed by atoms with E-state index in [-0.39, 0.29) is 17.6 Å². The van der Waals surface area contributed by atoms with E-state index >= 15 is 0 Å². The monoisotopic (exact) mass is 452 g/mol. The maximum Gasteiger partial charge on any atom is 0.170 e. The SMILES string of the molecule is Cc1ccc2c(n1)-c1ccc(F)cc1[C@@H](C)Oc1cc(cnc1N)-c1c(C#N)nn3c1C2CC3. The molecular weight excluding hydrogens is 431 g/mol. The van der Waals surface area contributed by atoms with Gasteiger partial charge in [0.15, 0.2) is 17.3 Å². The summed E-state index contributed by atoms with van der Waals surface area (Å²) in [5, 5.41) is 14.5. The molecule has 0 amide bonds. The minimum absolute atomic E-state index is 0.0396. The molecule has 0 fully saturated rings. The molecule has 2 aliphatic heterocycles. The van der Waals surface area contributed by atoms with Crippen molar-refractivity contribution in [1.29, 1.82) is 5.26 Å². The third-order valence-corrected chi connectivity index (χ3v) is 6.68. The molecule has 7 nitrogen and oxygen atoms in total. The Kier molecular flexibility index (Phi) is 4.42. The lowest BCUT2D eigenvalue weighted by atomic mass is 9.86. The number of pyridine rings is 2. The van der Waals surface area contributed by atoms with Gasteiger partial charge in [0, 0.05) is 46.6 Å². The summed E-state index contributed by atoms with van der Waals surface area (Å²) < 4.78 is 22.5. The summed E-state index contributed by atoms with van der Waals surface area (Å²) in [6.07, 6.45) is 1.94. The fourth-order valence-corrected chi connectivity index (χ4v) is 5.14. The van der Waals surface area contributed by atoms with Crippen molar-refractivity contribution in [2.24, 2.45) is 0 Å². The third kappa shape index (κ3) is 2.97. The van der Waals surface area contributed by atoms with Crippen LogP contribution in [0.25, 0.3) is 22.4 Å². The predicted octanol–water partition coefficient (Wildman–Crippen LogP) is 4.90. The molecule has 5 heterocycles. The largest absolute Gasteiger partial charge is 0.482 e. The average Bonchev–Trinajstić information content (AvgIpc) is 3.39. The van der Waals surface area contributed by atoms with Gasteiger partial charge in [-0.25, -0.2) is 9.37 Å². The molecule has 0 radical (unpaired) electrons. The van der Waals surface area contributed by atoms with Gasteiger partial charge in [-0.15, -0.1) is 0 Å². The van der Waals surface area contributed by atoms with Crippen molar-refractivity contribution in [1.82, 2.24) is 19.7 Å². The minimum Gasteiger partial charge on any atom is -0.482 e. The molecule has 2 bridgehead atoms. The van der Waals surface area contributed by atoms with Gasteiger partial charge in [-0.2, -0.15) is 10.4 Å². The summed E-state index contributed by atoms with van der Waals surface area (Å²) in [5.74, 6) is 0.202. The molecule has 3 aromatic heterocycles. The number of rotatable bonds is 0. The number of hydrogen-bond donors (Lipinski definition) is 1. The first-order valence-corrected chi connectivity index (χ1v) is 11.1. The molecule has 8 heteroatoms. The van der Waals surface area contributed by atoms with Gasteiger partial charge in [-0.05, 0) is 56.2 Å². The topological polar surface area (TPSA) is 103 Å². The second kappa shape index (κ2) is 7.39. The van der Waals surface area contributed by atoms with E-state index in [9.17, 15) is 9.65 Å². The quantitative estimate of drug-likeness (QED) is 0.407. The van der Waals surface area contributed by atoms with Crippen LogP contribution in [0.3, 0.4) is 0 Å². The molecule has 2 aliphatic rings. The number of anilines is 1. The Labute approximate surface area is 195 Å². The Balaban J connectivity index is 1.73. The van der Waals surface area contributed by atoms with E-state index in [0.29, 0.717) is 29.1 Å². The zero-order valence-corrected chi connectivity index (χ0v) is 18.7. The second-order valence-corrected chi connectivity index (χ2v) is 8.77. The summed E-state index contributed by atoms with van der Waals surface area (Å²) in [5.41, 5.74) is 13.0. The molecule has 6 rings (SSSR count). The van der Waals surface area contributed by atoms with E-state index in [1.54, 1.807) is 18.3 Å². The molecule has 1 unspecified atom stereocenters. The standard InChI is InChI=1S/C26H21FN6O/c1-13-3-5-17-19-7-8-33-25(19)23(21(11-28)32-33)15-9-22(26(29)30-12-15)34-14(2)20-10-16(27)4-6-18(20)24(17)31-13/h3-6,9-10,12,14,19H,7-8H2,1-2H3,(H2,29,30)/t14-,19?/m1/s1. The lowest BCUT2D eigenvalue weighted by molar-refractivity contribution is 0.227. The van der Waals surface area contributed by atoms with Gasteiger partial charge in [0.2, 0.25) is 0 Å². The number of ether oxygens (including phenoxy) is 1. The molecule has 0 spiro atoms. The number of nitrogens with zero attached hydrogens (tertiary/aromatic N) is 5. The van der Waals surface area contributed by atoms with Crippen LogP contribution in [-0.2, 0) is 6.54 Å². The molecule has 0 saturated carbocycles. The lowest BCUT2D eigenvalue weighted by Crippen LogP contribution is -2.11. The van der Waals surface area contributed by atoms with Gasteiger partial charge < -0.3 is 10.5 Å². The Morgan fingerprint density at radius 3 is 2.88 bits per heavy atom. The van der Waals surface area contributed by atoms with Gasteiger partial charge in [0.25, 0.3) is 0 Å². The number of aryl methyl sites for hydroxylation is 2. The van der Waals surface area contributed by atoms with E-state index in [4.69, 9.17) is 15.5 Å². The van der Waals surface area contributed by atoms with Gasteiger partial charge in [-0.1, -0.05) is 6.07 Å². The van der Waals surface area contributed by atoms with Crippen molar-refractivity contribution in [3.63, 3.8) is 0 Å². The summed E-state index contributed by atoms with van der Waals surface area (Å²) in [4.78, 5) is 9.25. The van der Waals surface area contributed by atoms with Crippen LogP contribution in [0.5, 0.6) is 5.75 Å². The molecule has 168 valence electrons. The fourth-order valence-electron chi connectivity index (χ4n) is 5.14. The molecule has 34 heavy (non-hydrogen) atoms. The van der Waals surface area contributed by atoms with Gasteiger partial charge in [0.05, 0.1) is 11.4 Å². The zero-order valence-electron chi connectivity index (χ0n) is 18.7. The van der Waals surface area contributed by atoms with Crippen LogP contribution in [-0.4, -0.2) is 19.7 Å². The lowest BCUT2D eigenvalue weighted by Gasteiger charge is -2.23. The summed E-state index contributed by atoms with van der Waals surface area (Å²) >= 11 is 0. The Hall–Kier alpha value is -4.25. The molecule has 0 aliphatic carbocycles. The first-order chi connectivity index (χ1) is 16.4. The molecule has 2 N–H and O–H groups in total. The molecule has 0 saturated heterocycles. The number of hydrogen-bond acceptors (Lipinski definition) is 6. The number of halogens is 1. The van der Waals surface area contributed by atoms with Gasteiger partial charge >= 0.3 is 0 Å². The highest BCUT2D eigenvalue weighted by Gasteiger charge is 2.35. The Bertz CT molecular complexity index is 1520. The summed E-state index contributed by atoms with van der Waals surface area (Å²) in [6.45, 7) is 4.47. The highest BCUT2D eigenvalue weighted by molar-refractivity contribution is 5.77. The van der Waals surface area contributed by atoms with Crippen LogP contribution in [0.1, 0.15) is 53.6 Å². The average molecular weight is 452 g/mol. The molecule has 2 atom stereocenters. The molecule has 4 aromatic rings. The van der Waals surface area contributed by atoms with E-state index in [0.717, 1.165) is 40.2 Å². The normalized spacial score (nSPS) is 17.9. The first kappa shape index (κ1) is 20.4. The number of aromatic nitrogens is 4.